The Morgan fingerprint density at radius 1 is 1.30 bits per heavy atom. The number of benzene rings is 2. The number of nitrogens with one attached hydrogen (secondary N) is 1. The van der Waals surface area contributed by atoms with Crippen molar-refractivity contribution >= 4 is 21.6 Å². The summed E-state index contributed by atoms with van der Waals surface area (Å²) in [5.41, 5.74) is 8.50. The van der Waals surface area contributed by atoms with Gasteiger partial charge in [-0.15, -0.1) is 0 Å². The molecular formula is C21H24N2O3S. The Kier molecular flexibility index (Phi) is 5.39. The summed E-state index contributed by atoms with van der Waals surface area (Å²) in [7, 11) is -3.81. The van der Waals surface area contributed by atoms with Crippen molar-refractivity contribution in [3.8, 4) is 5.75 Å². The van der Waals surface area contributed by atoms with Gasteiger partial charge in [0.1, 0.15) is 5.75 Å². The molecule has 1 saturated heterocycles. The molecule has 0 aliphatic carbocycles. The topological polar surface area (TPSA) is 92.4 Å². The van der Waals surface area contributed by atoms with E-state index in [4.69, 9.17) is 5.73 Å². The van der Waals surface area contributed by atoms with E-state index < -0.39 is 9.84 Å². The molecule has 1 heterocycles. The van der Waals surface area contributed by atoms with Gasteiger partial charge in [-0.05, 0) is 67.3 Å². The van der Waals surface area contributed by atoms with Crippen molar-refractivity contribution in [3.05, 3.63) is 65.8 Å². The second-order valence-corrected chi connectivity index (χ2v) is 8.63. The highest BCUT2D eigenvalue weighted by Gasteiger charge is 2.25. The molecule has 2 aromatic rings. The SMILES string of the molecule is C=C/C=C\c1c(O)ccc(S(=O)(=O)c2ccc(C3CCNC3)c(C)c2)c1N. The zero-order chi connectivity index (χ0) is 19.6. The Labute approximate surface area is 160 Å². The van der Waals surface area contributed by atoms with Gasteiger partial charge in [0, 0.05) is 12.1 Å². The summed E-state index contributed by atoms with van der Waals surface area (Å²) in [6, 6.07) is 7.93. The van der Waals surface area contributed by atoms with E-state index in [9.17, 15) is 13.5 Å². The molecule has 0 aromatic heterocycles. The molecule has 2 aromatic carbocycles. The number of nitrogens with two attached hydrogens (primary N) is 1. The first kappa shape index (κ1) is 19.2. The third kappa shape index (κ3) is 3.63. The van der Waals surface area contributed by atoms with Crippen molar-refractivity contribution in [2.45, 2.75) is 29.1 Å². The Hall–Kier alpha value is -2.57. The summed E-state index contributed by atoms with van der Waals surface area (Å²) >= 11 is 0. The molecule has 0 spiro atoms. The molecule has 1 aliphatic rings. The molecule has 1 atom stereocenters. The maximum Gasteiger partial charge on any atom is 0.208 e. The minimum Gasteiger partial charge on any atom is -0.507 e. The van der Waals surface area contributed by atoms with E-state index in [1.807, 2.05) is 13.0 Å². The lowest BCUT2D eigenvalue weighted by molar-refractivity contribution is 0.474. The number of aryl methyl sites for hydroxylation is 1. The second kappa shape index (κ2) is 7.58. The molecule has 3 rings (SSSR count). The number of phenols is 1. The summed E-state index contributed by atoms with van der Waals surface area (Å²) < 4.78 is 26.3. The molecule has 1 fully saturated rings. The Bertz CT molecular complexity index is 1000. The van der Waals surface area contributed by atoms with Crippen LogP contribution in [0.25, 0.3) is 6.08 Å². The van der Waals surface area contributed by atoms with Crippen LogP contribution in [-0.4, -0.2) is 26.6 Å². The Balaban J connectivity index is 2.05. The van der Waals surface area contributed by atoms with Gasteiger partial charge in [-0.1, -0.05) is 24.8 Å². The van der Waals surface area contributed by atoms with E-state index >= 15 is 0 Å². The highest BCUT2D eigenvalue weighted by atomic mass is 32.2. The quantitative estimate of drug-likeness (QED) is 0.543. The molecule has 142 valence electrons. The predicted octanol–water partition coefficient (Wildman–Crippen LogP) is 3.39. The van der Waals surface area contributed by atoms with Gasteiger partial charge in [0.2, 0.25) is 9.84 Å². The minimum absolute atomic E-state index is 0.0151. The van der Waals surface area contributed by atoms with Crippen LogP contribution in [0.3, 0.4) is 0 Å². The highest BCUT2D eigenvalue weighted by molar-refractivity contribution is 7.91. The van der Waals surface area contributed by atoms with E-state index in [-0.39, 0.29) is 26.8 Å². The first-order chi connectivity index (χ1) is 12.9. The van der Waals surface area contributed by atoms with Gasteiger partial charge >= 0.3 is 0 Å². The van der Waals surface area contributed by atoms with Crippen LogP contribution in [0.5, 0.6) is 5.75 Å². The van der Waals surface area contributed by atoms with Gasteiger partial charge in [0.15, 0.2) is 0 Å². The molecule has 0 radical (unpaired) electrons. The number of hydrogen-bond donors (Lipinski definition) is 3. The van der Waals surface area contributed by atoms with E-state index in [2.05, 4.69) is 11.9 Å². The van der Waals surface area contributed by atoms with Crippen LogP contribution in [0.1, 0.15) is 29.0 Å². The van der Waals surface area contributed by atoms with Crippen LogP contribution in [-0.2, 0) is 9.84 Å². The summed E-state index contributed by atoms with van der Waals surface area (Å²) in [6.07, 6.45) is 5.71. The van der Waals surface area contributed by atoms with E-state index in [0.29, 0.717) is 5.92 Å². The molecule has 6 heteroatoms. The van der Waals surface area contributed by atoms with E-state index in [0.717, 1.165) is 25.1 Å². The Morgan fingerprint density at radius 2 is 2.07 bits per heavy atom. The molecule has 0 amide bonds. The standard InChI is InChI=1S/C21H24N2O3S/c1-3-4-5-18-19(24)8-9-20(21(18)22)27(25,26)16-6-7-17(14(2)12-16)15-10-11-23-13-15/h3-9,12,15,23-24H,1,10-11,13,22H2,2H3/b5-4-. The zero-order valence-corrected chi connectivity index (χ0v) is 16.1. The van der Waals surface area contributed by atoms with Crippen LogP contribution in [0.4, 0.5) is 5.69 Å². The van der Waals surface area contributed by atoms with Crippen molar-refractivity contribution in [1.82, 2.24) is 5.32 Å². The van der Waals surface area contributed by atoms with Crippen molar-refractivity contribution in [1.29, 1.82) is 0 Å². The third-order valence-electron chi connectivity index (χ3n) is 4.96. The fourth-order valence-electron chi connectivity index (χ4n) is 3.50. The molecule has 1 aliphatic heterocycles. The molecule has 1 unspecified atom stereocenters. The minimum atomic E-state index is -3.81. The third-order valence-corrected chi connectivity index (χ3v) is 6.77. The first-order valence-corrected chi connectivity index (χ1v) is 10.3. The Morgan fingerprint density at radius 3 is 2.70 bits per heavy atom. The predicted molar refractivity (Wildman–Crippen MR) is 109 cm³/mol. The summed E-state index contributed by atoms with van der Waals surface area (Å²) in [6.45, 7) is 7.40. The molecule has 27 heavy (non-hydrogen) atoms. The van der Waals surface area contributed by atoms with E-state index in [1.165, 1.54) is 29.8 Å². The van der Waals surface area contributed by atoms with Crippen LogP contribution in [0.15, 0.2) is 58.9 Å². The number of rotatable bonds is 5. The number of allylic oxidation sites excluding steroid dienone is 2. The largest absolute Gasteiger partial charge is 0.507 e. The highest BCUT2D eigenvalue weighted by Crippen LogP contribution is 2.35. The summed E-state index contributed by atoms with van der Waals surface area (Å²) in [4.78, 5) is 0.185. The van der Waals surface area contributed by atoms with Gasteiger partial charge in [-0.2, -0.15) is 0 Å². The van der Waals surface area contributed by atoms with Crippen LogP contribution in [0, 0.1) is 6.92 Å². The first-order valence-electron chi connectivity index (χ1n) is 8.83. The average Bonchev–Trinajstić information content (AvgIpc) is 3.15. The van der Waals surface area contributed by atoms with Crippen molar-refractivity contribution in [3.63, 3.8) is 0 Å². The van der Waals surface area contributed by atoms with Gasteiger partial charge in [0.05, 0.1) is 15.5 Å². The molecule has 0 bridgehead atoms. The van der Waals surface area contributed by atoms with Crippen molar-refractivity contribution in [2.24, 2.45) is 0 Å². The summed E-state index contributed by atoms with van der Waals surface area (Å²) in [5.74, 6) is 0.334. The number of anilines is 1. The van der Waals surface area contributed by atoms with Gasteiger partial charge in [0.25, 0.3) is 0 Å². The fourth-order valence-corrected chi connectivity index (χ4v) is 4.98. The number of aromatic hydroxyl groups is 1. The number of phenolic OH excluding ortho intramolecular Hbond substituents is 1. The van der Waals surface area contributed by atoms with Crippen LogP contribution < -0.4 is 11.1 Å². The molecule has 5 nitrogen and oxygen atoms in total. The van der Waals surface area contributed by atoms with Crippen LogP contribution in [0.2, 0.25) is 0 Å². The lowest BCUT2D eigenvalue weighted by atomic mass is 9.94. The van der Waals surface area contributed by atoms with Gasteiger partial charge in [-0.25, -0.2) is 8.42 Å². The molecular weight excluding hydrogens is 360 g/mol. The fraction of sp³-hybridized carbons (Fsp3) is 0.238. The number of nitrogen functional groups attached to an aromatic ring is 1. The number of hydrogen-bond acceptors (Lipinski definition) is 5. The molecule has 0 saturated carbocycles. The summed E-state index contributed by atoms with van der Waals surface area (Å²) in [5, 5.41) is 13.3. The van der Waals surface area contributed by atoms with Crippen molar-refractivity contribution < 1.29 is 13.5 Å². The normalized spacial score (nSPS) is 17.4. The smallest absolute Gasteiger partial charge is 0.208 e. The maximum absolute atomic E-state index is 13.2. The molecule has 4 N–H and O–H groups in total. The van der Waals surface area contributed by atoms with E-state index in [1.54, 1.807) is 18.2 Å². The van der Waals surface area contributed by atoms with Crippen LogP contribution >= 0.6 is 0 Å². The van der Waals surface area contributed by atoms with Gasteiger partial charge in [-0.3, -0.25) is 0 Å². The number of sulfone groups is 1. The van der Waals surface area contributed by atoms with Gasteiger partial charge < -0.3 is 16.2 Å². The zero-order valence-electron chi connectivity index (χ0n) is 15.3. The monoisotopic (exact) mass is 384 g/mol. The maximum atomic E-state index is 13.2. The average molecular weight is 385 g/mol. The lowest BCUT2D eigenvalue weighted by Crippen LogP contribution is -2.10. The lowest BCUT2D eigenvalue weighted by Gasteiger charge is -2.15. The van der Waals surface area contributed by atoms with Crippen molar-refractivity contribution in [2.75, 3.05) is 18.8 Å². The second-order valence-electron chi connectivity index (χ2n) is 6.72.